The monoisotopic (exact) mass is 270 g/mol. The minimum absolute atomic E-state index is 1.03. The zero-order valence-electron chi connectivity index (χ0n) is 14.0. The molecule has 2 aromatic carbocycles. The maximum Gasteiger partial charge on any atom is -0.00257 e. The Morgan fingerprint density at radius 2 is 1.35 bits per heavy atom. The van der Waals surface area contributed by atoms with Gasteiger partial charge in [0.15, 0.2) is 0 Å². The van der Waals surface area contributed by atoms with E-state index < -0.39 is 0 Å². The molecule has 0 aliphatic carbocycles. The molecule has 20 heavy (non-hydrogen) atoms. The molecule has 0 aromatic heterocycles. The summed E-state index contributed by atoms with van der Waals surface area (Å²) in [5, 5.41) is 0. The summed E-state index contributed by atoms with van der Waals surface area (Å²) in [6.07, 6.45) is 2.16. The van der Waals surface area contributed by atoms with Crippen LogP contribution in [0.1, 0.15) is 56.9 Å². The molecule has 0 atom stereocenters. The molecule has 0 aliphatic heterocycles. The highest BCUT2D eigenvalue weighted by molar-refractivity contribution is 5.34. The molecule has 0 aliphatic rings. The molecule has 0 heteroatoms. The van der Waals surface area contributed by atoms with Gasteiger partial charge in [-0.2, -0.15) is 0 Å². The van der Waals surface area contributed by atoms with E-state index >= 15 is 0 Å². The zero-order valence-corrected chi connectivity index (χ0v) is 14.0. The van der Waals surface area contributed by atoms with Crippen LogP contribution in [0.25, 0.3) is 0 Å². The van der Waals surface area contributed by atoms with Crippen LogP contribution >= 0.6 is 0 Å². The van der Waals surface area contributed by atoms with Gasteiger partial charge in [0, 0.05) is 0 Å². The van der Waals surface area contributed by atoms with Crippen molar-refractivity contribution in [3.05, 3.63) is 70.8 Å². The first-order valence-electron chi connectivity index (χ1n) is 7.92. The van der Waals surface area contributed by atoms with Crippen molar-refractivity contribution in [3.63, 3.8) is 0 Å². The second kappa shape index (κ2) is 11.3. The molecule has 0 bridgehead atoms. The molecule has 0 spiro atoms. The molecular formula is C20H30. The van der Waals surface area contributed by atoms with E-state index in [2.05, 4.69) is 62.4 Å². The van der Waals surface area contributed by atoms with E-state index in [0.29, 0.717) is 0 Å². The van der Waals surface area contributed by atoms with E-state index in [9.17, 15) is 0 Å². The summed E-state index contributed by atoms with van der Waals surface area (Å²) in [4.78, 5) is 0. The molecule has 0 unspecified atom stereocenters. The van der Waals surface area contributed by atoms with E-state index in [-0.39, 0.29) is 0 Å². The molecule has 0 saturated heterocycles. The minimum atomic E-state index is 1.03. The molecule has 0 nitrogen and oxygen atoms in total. The standard InChI is InChI=1S/C16H18.2C2H6/c1-3-16-10-9-15(11-13(16)2)12-14-7-5-4-6-8-14;2*1-2/h4-11H,3,12H2,1-2H3;2*1-2H3. The van der Waals surface area contributed by atoms with Crippen molar-refractivity contribution in [2.24, 2.45) is 0 Å². The predicted octanol–water partition coefficient (Wildman–Crippen LogP) is 6.20. The van der Waals surface area contributed by atoms with Gasteiger partial charge in [-0.1, -0.05) is 83.1 Å². The van der Waals surface area contributed by atoms with Crippen molar-refractivity contribution in [1.29, 1.82) is 0 Å². The summed E-state index contributed by atoms with van der Waals surface area (Å²) < 4.78 is 0. The smallest absolute Gasteiger partial charge is 0.00257 e. The summed E-state index contributed by atoms with van der Waals surface area (Å²) in [7, 11) is 0. The van der Waals surface area contributed by atoms with Gasteiger partial charge >= 0.3 is 0 Å². The van der Waals surface area contributed by atoms with E-state index in [1.807, 2.05) is 27.7 Å². The van der Waals surface area contributed by atoms with Gasteiger partial charge < -0.3 is 0 Å². The van der Waals surface area contributed by atoms with Crippen LogP contribution in [0.2, 0.25) is 0 Å². The number of aryl methyl sites for hydroxylation is 2. The number of benzene rings is 2. The second-order valence-corrected chi connectivity index (χ2v) is 4.28. The van der Waals surface area contributed by atoms with Crippen LogP contribution in [0.4, 0.5) is 0 Å². The summed E-state index contributed by atoms with van der Waals surface area (Å²) in [5.74, 6) is 0. The first-order chi connectivity index (χ1) is 9.79. The van der Waals surface area contributed by atoms with Crippen molar-refractivity contribution >= 4 is 0 Å². The highest BCUT2D eigenvalue weighted by atomic mass is 14.0. The lowest BCUT2D eigenvalue weighted by atomic mass is 9.99. The van der Waals surface area contributed by atoms with Crippen molar-refractivity contribution < 1.29 is 0 Å². The molecule has 0 saturated carbocycles. The first kappa shape index (κ1) is 18.4. The molecule has 110 valence electrons. The van der Waals surface area contributed by atoms with Crippen LogP contribution in [0.5, 0.6) is 0 Å². The quantitative estimate of drug-likeness (QED) is 0.623. The number of hydrogen-bond acceptors (Lipinski definition) is 0. The van der Waals surface area contributed by atoms with Crippen LogP contribution in [-0.2, 0) is 12.8 Å². The molecule has 0 N–H and O–H groups in total. The van der Waals surface area contributed by atoms with Crippen molar-refractivity contribution in [1.82, 2.24) is 0 Å². The molecule has 0 amide bonds. The Labute approximate surface area is 125 Å². The molecule has 0 heterocycles. The van der Waals surface area contributed by atoms with Crippen LogP contribution in [0.3, 0.4) is 0 Å². The van der Waals surface area contributed by atoms with Gasteiger partial charge in [-0.25, -0.2) is 0 Å². The van der Waals surface area contributed by atoms with Gasteiger partial charge in [-0.3, -0.25) is 0 Å². The highest BCUT2D eigenvalue weighted by Crippen LogP contribution is 2.15. The Bertz CT molecular complexity index is 455. The van der Waals surface area contributed by atoms with E-state index in [0.717, 1.165) is 12.8 Å². The molecule has 0 radical (unpaired) electrons. The van der Waals surface area contributed by atoms with Crippen LogP contribution in [0.15, 0.2) is 48.5 Å². The van der Waals surface area contributed by atoms with Crippen LogP contribution in [-0.4, -0.2) is 0 Å². The Hall–Kier alpha value is -1.56. The normalized spacial score (nSPS) is 8.90. The third-order valence-corrected chi connectivity index (χ3v) is 3.04. The van der Waals surface area contributed by atoms with Crippen molar-refractivity contribution in [2.75, 3.05) is 0 Å². The zero-order chi connectivity index (χ0) is 15.4. The molecule has 2 aromatic rings. The lowest BCUT2D eigenvalue weighted by molar-refractivity contribution is 1.09. The average molecular weight is 270 g/mol. The lowest BCUT2D eigenvalue weighted by Gasteiger charge is -2.07. The first-order valence-corrected chi connectivity index (χ1v) is 7.92. The van der Waals surface area contributed by atoms with Gasteiger partial charge in [0.25, 0.3) is 0 Å². The summed E-state index contributed by atoms with van der Waals surface area (Å²) in [6, 6.07) is 17.4. The van der Waals surface area contributed by atoms with E-state index in [1.54, 1.807) is 0 Å². The van der Waals surface area contributed by atoms with Crippen molar-refractivity contribution in [3.8, 4) is 0 Å². The van der Waals surface area contributed by atoms with Crippen LogP contribution in [0, 0.1) is 6.92 Å². The van der Waals surface area contributed by atoms with Crippen LogP contribution < -0.4 is 0 Å². The van der Waals surface area contributed by atoms with Gasteiger partial charge in [0.1, 0.15) is 0 Å². The Balaban J connectivity index is 0.000000829. The Morgan fingerprint density at radius 3 is 1.85 bits per heavy atom. The van der Waals surface area contributed by atoms with Gasteiger partial charge in [0.05, 0.1) is 0 Å². The fourth-order valence-electron chi connectivity index (χ4n) is 2.10. The minimum Gasteiger partial charge on any atom is -0.0683 e. The highest BCUT2D eigenvalue weighted by Gasteiger charge is 1.99. The maximum absolute atomic E-state index is 2.31. The topological polar surface area (TPSA) is 0 Å². The lowest BCUT2D eigenvalue weighted by Crippen LogP contribution is -1.92. The third-order valence-electron chi connectivity index (χ3n) is 3.04. The average Bonchev–Trinajstić information content (AvgIpc) is 2.52. The summed E-state index contributed by atoms with van der Waals surface area (Å²) >= 11 is 0. The second-order valence-electron chi connectivity index (χ2n) is 4.28. The predicted molar refractivity (Wildman–Crippen MR) is 92.5 cm³/mol. The van der Waals surface area contributed by atoms with Gasteiger partial charge in [-0.05, 0) is 42.0 Å². The number of rotatable bonds is 3. The van der Waals surface area contributed by atoms with Gasteiger partial charge in [-0.15, -0.1) is 0 Å². The molecule has 2 rings (SSSR count). The van der Waals surface area contributed by atoms with E-state index in [1.165, 1.54) is 22.3 Å². The Kier molecular flexibility index (Phi) is 10.4. The SMILES string of the molecule is CC.CC.CCc1ccc(Cc2ccccc2)cc1C. The largest absolute Gasteiger partial charge is 0.0683 e. The Morgan fingerprint density at radius 1 is 0.750 bits per heavy atom. The van der Waals surface area contributed by atoms with Gasteiger partial charge in [0.2, 0.25) is 0 Å². The number of hydrogen-bond donors (Lipinski definition) is 0. The fraction of sp³-hybridized carbons (Fsp3) is 0.400. The van der Waals surface area contributed by atoms with Crippen molar-refractivity contribution in [2.45, 2.75) is 54.4 Å². The summed E-state index contributed by atoms with van der Waals surface area (Å²) in [5.41, 5.74) is 5.65. The summed E-state index contributed by atoms with van der Waals surface area (Å²) in [6.45, 7) is 12.4. The fourth-order valence-corrected chi connectivity index (χ4v) is 2.10. The molecule has 0 fully saturated rings. The van der Waals surface area contributed by atoms with E-state index in [4.69, 9.17) is 0 Å². The maximum atomic E-state index is 2.31. The third kappa shape index (κ3) is 6.06. The molecular weight excluding hydrogens is 240 g/mol.